The first-order valence-corrected chi connectivity index (χ1v) is 9.89. The summed E-state index contributed by atoms with van der Waals surface area (Å²) >= 11 is 0. The van der Waals surface area contributed by atoms with Gasteiger partial charge in [0.05, 0.1) is 6.20 Å². The Hall–Kier alpha value is -1.84. The van der Waals surface area contributed by atoms with Crippen LogP contribution in [0, 0.1) is 0 Å². The molecule has 1 aromatic carbocycles. The molecule has 0 bridgehead atoms. The molecule has 0 spiro atoms. The maximum Gasteiger partial charge on any atom is 0.257 e. The third-order valence-electron chi connectivity index (χ3n) is 4.44. The zero-order chi connectivity index (χ0) is 18.7. The van der Waals surface area contributed by atoms with E-state index in [1.807, 2.05) is 37.3 Å². The van der Waals surface area contributed by atoms with Gasteiger partial charge in [-0.15, -0.1) is 0 Å². The molecule has 0 amide bonds. The zero-order valence-electron chi connectivity index (χ0n) is 14.5. The van der Waals surface area contributed by atoms with Crippen LogP contribution in [-0.2, 0) is 23.1 Å². The van der Waals surface area contributed by atoms with E-state index >= 15 is 0 Å². The molecule has 0 saturated carbocycles. The van der Waals surface area contributed by atoms with E-state index in [2.05, 4.69) is 10.00 Å². The highest BCUT2D eigenvalue weighted by molar-refractivity contribution is 7.89. The van der Waals surface area contributed by atoms with Crippen molar-refractivity contribution < 1.29 is 17.2 Å². The van der Waals surface area contributed by atoms with Crippen molar-refractivity contribution in [1.29, 1.82) is 0 Å². The van der Waals surface area contributed by atoms with Gasteiger partial charge in [-0.2, -0.15) is 9.40 Å². The van der Waals surface area contributed by atoms with E-state index in [0.29, 0.717) is 19.6 Å². The summed E-state index contributed by atoms with van der Waals surface area (Å²) in [6.07, 6.45) is -0.267. The van der Waals surface area contributed by atoms with Crippen LogP contribution in [0.4, 0.5) is 8.78 Å². The molecule has 1 aromatic heterocycles. The molecule has 2 aromatic rings. The Labute approximate surface area is 152 Å². The van der Waals surface area contributed by atoms with Crippen LogP contribution in [0.25, 0.3) is 0 Å². The second kappa shape index (κ2) is 7.81. The van der Waals surface area contributed by atoms with Gasteiger partial charge in [-0.25, -0.2) is 17.2 Å². The van der Waals surface area contributed by atoms with Crippen molar-refractivity contribution >= 4 is 10.0 Å². The first-order valence-electron chi connectivity index (χ1n) is 8.45. The zero-order valence-corrected chi connectivity index (χ0v) is 15.3. The molecule has 6 nitrogen and oxygen atoms in total. The molecule has 1 fully saturated rings. The molecule has 142 valence electrons. The number of piperazine rings is 1. The van der Waals surface area contributed by atoms with Crippen molar-refractivity contribution in [2.24, 2.45) is 0 Å². The highest BCUT2D eigenvalue weighted by Gasteiger charge is 2.34. The molecule has 0 aliphatic carbocycles. The third kappa shape index (κ3) is 4.28. The van der Waals surface area contributed by atoms with E-state index in [1.165, 1.54) is 16.1 Å². The van der Waals surface area contributed by atoms with Gasteiger partial charge < -0.3 is 0 Å². The van der Waals surface area contributed by atoms with Crippen LogP contribution >= 0.6 is 0 Å². The van der Waals surface area contributed by atoms with Crippen LogP contribution in [0.3, 0.4) is 0 Å². The highest BCUT2D eigenvalue weighted by Crippen LogP contribution is 2.22. The lowest BCUT2D eigenvalue weighted by molar-refractivity contribution is 0.121. The van der Waals surface area contributed by atoms with Crippen molar-refractivity contribution in [2.75, 3.05) is 19.6 Å². The van der Waals surface area contributed by atoms with Gasteiger partial charge in [0.2, 0.25) is 10.0 Å². The van der Waals surface area contributed by atoms with Gasteiger partial charge >= 0.3 is 0 Å². The van der Waals surface area contributed by atoms with Crippen LogP contribution in [0.2, 0.25) is 0 Å². The summed E-state index contributed by atoms with van der Waals surface area (Å²) in [6, 6.07) is 9.81. The maximum absolute atomic E-state index is 12.8. The minimum Gasteiger partial charge on any atom is -0.296 e. The standard InChI is InChI=1S/C17H22F2N4O2S/c1-14-10-21(11-15-5-3-2-4-6-15)7-8-23(14)26(24,25)16-9-20-22(12-16)13-17(18)19/h2-6,9,12,14,17H,7-8,10-11,13H2,1H3. The van der Waals surface area contributed by atoms with Crippen molar-refractivity contribution in [1.82, 2.24) is 19.0 Å². The number of aromatic nitrogens is 2. The summed E-state index contributed by atoms with van der Waals surface area (Å²) in [5.74, 6) is 0. The lowest BCUT2D eigenvalue weighted by Gasteiger charge is -2.38. The molecule has 9 heteroatoms. The molecule has 1 atom stereocenters. The number of sulfonamides is 1. The second-order valence-corrected chi connectivity index (χ2v) is 8.37. The average Bonchev–Trinajstić information content (AvgIpc) is 3.04. The SMILES string of the molecule is CC1CN(Cc2ccccc2)CCN1S(=O)(=O)c1cnn(CC(F)F)c1. The van der Waals surface area contributed by atoms with E-state index in [4.69, 9.17) is 0 Å². The van der Waals surface area contributed by atoms with Gasteiger partial charge in [0.1, 0.15) is 11.4 Å². The van der Waals surface area contributed by atoms with E-state index < -0.39 is 23.0 Å². The Kier molecular flexibility index (Phi) is 5.69. The van der Waals surface area contributed by atoms with Crippen LogP contribution in [-0.4, -0.2) is 59.5 Å². The molecule has 1 aliphatic heterocycles. The number of halogens is 2. The summed E-state index contributed by atoms with van der Waals surface area (Å²) in [6.45, 7) is 3.60. The molecule has 1 saturated heterocycles. The molecule has 0 N–H and O–H groups in total. The minimum atomic E-state index is -3.74. The Balaban J connectivity index is 1.67. The predicted octanol–water partition coefficient (Wildman–Crippen LogP) is 2.04. The van der Waals surface area contributed by atoms with Crippen LogP contribution in [0.1, 0.15) is 12.5 Å². The van der Waals surface area contributed by atoms with Crippen LogP contribution in [0.15, 0.2) is 47.6 Å². The Morgan fingerprint density at radius 2 is 1.96 bits per heavy atom. The number of benzene rings is 1. The fourth-order valence-corrected chi connectivity index (χ4v) is 4.78. The summed E-state index contributed by atoms with van der Waals surface area (Å²) in [5, 5.41) is 3.73. The molecule has 2 heterocycles. The highest BCUT2D eigenvalue weighted by atomic mass is 32.2. The van der Waals surface area contributed by atoms with Crippen LogP contribution in [0.5, 0.6) is 0 Å². The van der Waals surface area contributed by atoms with Gasteiger partial charge in [-0.1, -0.05) is 30.3 Å². The maximum atomic E-state index is 12.8. The average molecular weight is 384 g/mol. The van der Waals surface area contributed by atoms with Gasteiger partial charge in [-0.05, 0) is 12.5 Å². The lowest BCUT2D eigenvalue weighted by Crippen LogP contribution is -2.53. The van der Waals surface area contributed by atoms with Crippen molar-refractivity contribution in [3.05, 3.63) is 48.3 Å². The molecule has 0 radical (unpaired) electrons. The third-order valence-corrected chi connectivity index (χ3v) is 6.41. The molecule has 26 heavy (non-hydrogen) atoms. The van der Waals surface area contributed by atoms with Crippen molar-refractivity contribution in [2.45, 2.75) is 37.4 Å². The molecule has 1 aliphatic rings. The van der Waals surface area contributed by atoms with Crippen LogP contribution < -0.4 is 0 Å². The topological polar surface area (TPSA) is 58.4 Å². The summed E-state index contributed by atoms with van der Waals surface area (Å²) in [4.78, 5) is 2.17. The number of alkyl halides is 2. The van der Waals surface area contributed by atoms with Gasteiger partial charge in [-0.3, -0.25) is 9.58 Å². The summed E-state index contributed by atoms with van der Waals surface area (Å²) in [5.41, 5.74) is 1.18. The van der Waals surface area contributed by atoms with E-state index in [0.717, 1.165) is 17.4 Å². The number of nitrogens with zero attached hydrogens (tertiary/aromatic N) is 4. The Bertz CT molecular complexity index is 826. The Morgan fingerprint density at radius 3 is 2.62 bits per heavy atom. The number of rotatable bonds is 6. The summed E-state index contributed by atoms with van der Waals surface area (Å²) < 4.78 is 52.9. The second-order valence-electron chi connectivity index (χ2n) is 6.47. The quantitative estimate of drug-likeness (QED) is 0.765. The van der Waals surface area contributed by atoms with Crippen molar-refractivity contribution in [3.8, 4) is 0 Å². The van der Waals surface area contributed by atoms with Gasteiger partial charge in [0.15, 0.2) is 0 Å². The monoisotopic (exact) mass is 384 g/mol. The molecule has 1 unspecified atom stereocenters. The number of hydrogen-bond donors (Lipinski definition) is 0. The normalized spacial score (nSPS) is 19.9. The molecular formula is C17H22F2N4O2S. The minimum absolute atomic E-state index is 0.0403. The number of hydrogen-bond acceptors (Lipinski definition) is 4. The first kappa shape index (κ1) is 18.9. The molecular weight excluding hydrogens is 362 g/mol. The largest absolute Gasteiger partial charge is 0.296 e. The smallest absolute Gasteiger partial charge is 0.257 e. The predicted molar refractivity (Wildman–Crippen MR) is 93.3 cm³/mol. The van der Waals surface area contributed by atoms with E-state index in [-0.39, 0.29) is 10.9 Å². The van der Waals surface area contributed by atoms with Gasteiger partial charge in [0.25, 0.3) is 6.43 Å². The molecule has 3 rings (SSSR count). The fourth-order valence-electron chi connectivity index (χ4n) is 3.21. The van der Waals surface area contributed by atoms with Gasteiger partial charge in [0, 0.05) is 38.4 Å². The van der Waals surface area contributed by atoms with E-state index in [9.17, 15) is 17.2 Å². The summed E-state index contributed by atoms with van der Waals surface area (Å²) in [7, 11) is -3.74. The lowest BCUT2D eigenvalue weighted by atomic mass is 10.1. The van der Waals surface area contributed by atoms with E-state index in [1.54, 1.807) is 0 Å². The first-order chi connectivity index (χ1) is 12.4. The Morgan fingerprint density at radius 1 is 1.23 bits per heavy atom. The fraction of sp³-hybridized carbons (Fsp3) is 0.471. The van der Waals surface area contributed by atoms with Crippen molar-refractivity contribution in [3.63, 3.8) is 0 Å².